The molecule has 0 spiro atoms. The number of nitrogens with zero attached hydrogens (tertiary/aromatic N) is 2. The third kappa shape index (κ3) is 6.90. The second-order valence-electron chi connectivity index (χ2n) is 10.7. The standard InChI is InChI=1S/C30H35F4N3O3/c1-40-21-4-5-27-23(15-21)29(19(17-35)18-36-27)24(32)6-7-30(16-28(38)39)8-11-37(12-9-30)10-2-3-22-25(33)13-20(31)14-26(22)34/h4-5,13-15,18,24H,2-3,6-12,16-17,35H2,1H3,(H,38,39)/t24-/m0/s1. The van der Waals surface area contributed by atoms with Crippen molar-refractivity contribution in [1.29, 1.82) is 0 Å². The molecule has 2 heterocycles. The van der Waals surface area contributed by atoms with E-state index in [-0.39, 0.29) is 31.4 Å². The van der Waals surface area contributed by atoms with E-state index in [1.165, 1.54) is 7.11 Å². The van der Waals surface area contributed by atoms with Crippen molar-refractivity contribution < 1.29 is 32.2 Å². The number of hydrogen-bond acceptors (Lipinski definition) is 5. The molecule has 1 aliphatic rings. The lowest BCUT2D eigenvalue weighted by atomic mass is 9.71. The van der Waals surface area contributed by atoms with Gasteiger partial charge in [0.15, 0.2) is 0 Å². The van der Waals surface area contributed by atoms with Crippen LogP contribution >= 0.6 is 0 Å². The summed E-state index contributed by atoms with van der Waals surface area (Å²) in [6.07, 6.45) is 2.43. The molecule has 0 radical (unpaired) electrons. The van der Waals surface area contributed by atoms with Gasteiger partial charge in [0.25, 0.3) is 0 Å². The van der Waals surface area contributed by atoms with Crippen molar-refractivity contribution in [1.82, 2.24) is 9.88 Å². The van der Waals surface area contributed by atoms with Crippen LogP contribution in [0.1, 0.15) is 61.4 Å². The number of likely N-dealkylation sites (tertiary alicyclic amines) is 1. The van der Waals surface area contributed by atoms with Crippen LogP contribution in [0.4, 0.5) is 17.6 Å². The van der Waals surface area contributed by atoms with E-state index in [1.54, 1.807) is 24.4 Å². The zero-order valence-electron chi connectivity index (χ0n) is 22.6. The fourth-order valence-corrected chi connectivity index (χ4v) is 5.85. The normalized spacial score (nSPS) is 16.2. The summed E-state index contributed by atoms with van der Waals surface area (Å²) in [5, 5.41) is 10.3. The maximum absolute atomic E-state index is 15.9. The van der Waals surface area contributed by atoms with E-state index < -0.39 is 35.0 Å². The molecule has 1 fully saturated rings. The lowest BCUT2D eigenvalue weighted by molar-refractivity contribution is -0.141. The molecule has 1 saturated heterocycles. The van der Waals surface area contributed by atoms with E-state index in [0.717, 1.165) is 0 Å². The third-order valence-electron chi connectivity index (χ3n) is 8.11. The van der Waals surface area contributed by atoms with Crippen molar-refractivity contribution in [2.24, 2.45) is 11.1 Å². The number of alkyl halides is 1. The summed E-state index contributed by atoms with van der Waals surface area (Å²) in [5.74, 6) is -3.08. The number of aliphatic carboxylic acids is 1. The number of benzene rings is 2. The number of nitrogens with two attached hydrogens (primary N) is 1. The molecule has 10 heteroatoms. The van der Waals surface area contributed by atoms with Crippen LogP contribution in [0.5, 0.6) is 5.75 Å². The molecule has 40 heavy (non-hydrogen) atoms. The number of hydrogen-bond donors (Lipinski definition) is 2. The second kappa shape index (κ2) is 13.0. The van der Waals surface area contributed by atoms with Gasteiger partial charge in [-0.1, -0.05) is 0 Å². The number of pyridine rings is 1. The molecule has 0 bridgehead atoms. The first-order chi connectivity index (χ1) is 19.1. The average Bonchev–Trinajstić information content (AvgIpc) is 2.92. The SMILES string of the molecule is COc1ccc2ncc(CN)c([C@@H](F)CCC3(CC(=O)O)CCN(CCCc4c(F)cc(F)cc4F)CC3)c2c1. The van der Waals surface area contributed by atoms with Crippen LogP contribution in [0.15, 0.2) is 36.5 Å². The van der Waals surface area contributed by atoms with Gasteiger partial charge in [0.05, 0.1) is 19.0 Å². The molecule has 4 rings (SSSR count). The molecule has 3 aromatic rings. The van der Waals surface area contributed by atoms with Gasteiger partial charge in [-0.3, -0.25) is 9.78 Å². The summed E-state index contributed by atoms with van der Waals surface area (Å²) in [6, 6.07) is 6.64. The summed E-state index contributed by atoms with van der Waals surface area (Å²) in [5.41, 5.74) is 6.92. The molecule has 1 atom stereocenters. The number of aromatic nitrogens is 1. The number of piperidine rings is 1. The topological polar surface area (TPSA) is 88.7 Å². The van der Waals surface area contributed by atoms with Gasteiger partial charge in [-0.2, -0.15) is 0 Å². The first-order valence-electron chi connectivity index (χ1n) is 13.5. The van der Waals surface area contributed by atoms with Crippen LogP contribution in [0, 0.1) is 22.9 Å². The minimum absolute atomic E-state index is 0.0613. The summed E-state index contributed by atoms with van der Waals surface area (Å²) < 4.78 is 62.3. The molecular weight excluding hydrogens is 526 g/mol. The van der Waals surface area contributed by atoms with Crippen LogP contribution < -0.4 is 10.5 Å². The molecule has 1 aliphatic heterocycles. The number of fused-ring (bicyclic) bond motifs is 1. The highest BCUT2D eigenvalue weighted by molar-refractivity contribution is 5.85. The Morgan fingerprint density at radius 1 is 1.18 bits per heavy atom. The van der Waals surface area contributed by atoms with Gasteiger partial charge in [-0.05, 0) is 87.3 Å². The number of carboxylic acid groups (broad SMARTS) is 1. The van der Waals surface area contributed by atoms with Crippen LogP contribution in [0.3, 0.4) is 0 Å². The highest BCUT2D eigenvalue weighted by Gasteiger charge is 2.37. The Balaban J connectivity index is 1.41. The molecule has 216 valence electrons. The van der Waals surface area contributed by atoms with E-state index in [9.17, 15) is 23.1 Å². The van der Waals surface area contributed by atoms with Gasteiger partial charge in [0.1, 0.15) is 29.4 Å². The van der Waals surface area contributed by atoms with Gasteiger partial charge in [0.2, 0.25) is 0 Å². The van der Waals surface area contributed by atoms with E-state index in [0.29, 0.717) is 85.2 Å². The molecular formula is C30H35F4N3O3. The lowest BCUT2D eigenvalue weighted by Gasteiger charge is -2.41. The summed E-state index contributed by atoms with van der Waals surface area (Å²) in [7, 11) is 1.54. The molecule has 1 aromatic heterocycles. The van der Waals surface area contributed by atoms with Gasteiger partial charge in [-0.15, -0.1) is 0 Å². The Morgan fingerprint density at radius 3 is 2.50 bits per heavy atom. The molecule has 0 unspecified atom stereocenters. The number of carboxylic acids is 1. The van der Waals surface area contributed by atoms with Crippen molar-refractivity contribution in [3.63, 3.8) is 0 Å². The maximum atomic E-state index is 15.9. The van der Waals surface area contributed by atoms with Gasteiger partial charge in [0, 0.05) is 41.4 Å². The number of methoxy groups -OCH3 is 1. The smallest absolute Gasteiger partial charge is 0.303 e. The zero-order chi connectivity index (χ0) is 28.9. The molecule has 3 N–H and O–H groups in total. The molecule has 0 saturated carbocycles. The van der Waals surface area contributed by atoms with E-state index >= 15 is 4.39 Å². The number of rotatable bonds is 12. The maximum Gasteiger partial charge on any atom is 0.303 e. The fraction of sp³-hybridized carbons (Fsp3) is 0.467. The Bertz CT molecular complexity index is 1320. The van der Waals surface area contributed by atoms with E-state index in [2.05, 4.69) is 9.88 Å². The molecule has 6 nitrogen and oxygen atoms in total. The Kier molecular flexibility index (Phi) is 9.63. The van der Waals surface area contributed by atoms with Crippen molar-refractivity contribution in [3.05, 3.63) is 70.7 Å². The first-order valence-corrected chi connectivity index (χ1v) is 13.5. The molecule has 0 aliphatic carbocycles. The Labute approximate surface area is 231 Å². The molecule has 2 aromatic carbocycles. The van der Waals surface area contributed by atoms with Crippen LogP contribution in [-0.2, 0) is 17.8 Å². The average molecular weight is 562 g/mol. The minimum atomic E-state index is -1.36. The van der Waals surface area contributed by atoms with E-state index in [1.807, 2.05) is 0 Å². The number of ether oxygens (including phenoxy) is 1. The van der Waals surface area contributed by atoms with Gasteiger partial charge < -0.3 is 20.5 Å². The highest BCUT2D eigenvalue weighted by atomic mass is 19.1. The summed E-state index contributed by atoms with van der Waals surface area (Å²) in [4.78, 5) is 18.3. The van der Waals surface area contributed by atoms with Crippen LogP contribution in [0.2, 0.25) is 0 Å². The Morgan fingerprint density at radius 2 is 1.88 bits per heavy atom. The zero-order valence-corrected chi connectivity index (χ0v) is 22.6. The summed E-state index contributed by atoms with van der Waals surface area (Å²) >= 11 is 0. The number of carbonyl (C=O) groups is 1. The Hall–Kier alpha value is -3.24. The third-order valence-corrected chi connectivity index (χ3v) is 8.11. The van der Waals surface area contributed by atoms with Gasteiger partial charge >= 0.3 is 5.97 Å². The predicted molar refractivity (Wildman–Crippen MR) is 144 cm³/mol. The van der Waals surface area contributed by atoms with Crippen LogP contribution in [-0.4, -0.2) is 47.7 Å². The number of halogens is 4. The summed E-state index contributed by atoms with van der Waals surface area (Å²) in [6.45, 7) is 1.89. The first kappa shape index (κ1) is 29.7. The van der Waals surface area contributed by atoms with Crippen molar-refractivity contribution in [3.8, 4) is 5.75 Å². The van der Waals surface area contributed by atoms with Gasteiger partial charge in [-0.25, -0.2) is 17.6 Å². The monoisotopic (exact) mass is 561 g/mol. The largest absolute Gasteiger partial charge is 0.497 e. The van der Waals surface area contributed by atoms with Crippen molar-refractivity contribution >= 4 is 16.9 Å². The second-order valence-corrected chi connectivity index (χ2v) is 10.7. The van der Waals surface area contributed by atoms with E-state index in [4.69, 9.17) is 10.5 Å². The minimum Gasteiger partial charge on any atom is -0.497 e. The fourth-order valence-electron chi connectivity index (χ4n) is 5.85. The predicted octanol–water partition coefficient (Wildman–Crippen LogP) is 6.10. The quantitative estimate of drug-likeness (QED) is 0.260. The lowest BCUT2D eigenvalue weighted by Crippen LogP contribution is -2.41. The van der Waals surface area contributed by atoms with Crippen LogP contribution in [0.25, 0.3) is 10.9 Å². The highest BCUT2D eigenvalue weighted by Crippen LogP contribution is 2.43. The van der Waals surface area contributed by atoms with Crippen molar-refractivity contribution in [2.45, 2.75) is 57.7 Å². The molecule has 0 amide bonds. The van der Waals surface area contributed by atoms with Crippen molar-refractivity contribution in [2.75, 3.05) is 26.7 Å².